The molecule has 4 aromatic rings. The topological polar surface area (TPSA) is 85.4 Å². The molecule has 124 valence electrons. The van der Waals surface area contributed by atoms with Crippen LogP contribution in [0.5, 0.6) is 0 Å². The van der Waals surface area contributed by atoms with Gasteiger partial charge >= 0.3 is 0 Å². The smallest absolute Gasteiger partial charge is 0.164 e. The van der Waals surface area contributed by atoms with Crippen molar-refractivity contribution in [3.05, 3.63) is 36.7 Å². The van der Waals surface area contributed by atoms with E-state index < -0.39 is 0 Å². The fourth-order valence-electron chi connectivity index (χ4n) is 2.74. The van der Waals surface area contributed by atoms with Gasteiger partial charge in [-0.1, -0.05) is 32.0 Å². The van der Waals surface area contributed by atoms with Gasteiger partial charge < -0.3 is 10.7 Å². The summed E-state index contributed by atoms with van der Waals surface area (Å²) in [6.07, 6.45) is 1.48. The molecule has 1 aromatic carbocycles. The molecule has 3 N–H and O–H groups in total. The first-order chi connectivity index (χ1) is 11.6. The van der Waals surface area contributed by atoms with Crippen molar-refractivity contribution < 1.29 is 0 Å². The number of fused-ring (bicyclic) bond motifs is 2. The number of benzene rings is 1. The van der Waals surface area contributed by atoms with Crippen molar-refractivity contribution in [1.82, 2.24) is 24.7 Å². The van der Waals surface area contributed by atoms with E-state index in [-0.39, 0.29) is 6.04 Å². The highest BCUT2D eigenvalue weighted by Gasteiger charge is 2.19. The Balaban J connectivity index is 0.000000815. The van der Waals surface area contributed by atoms with E-state index in [1.54, 1.807) is 0 Å². The number of H-pyrrole nitrogens is 1. The first-order valence-corrected chi connectivity index (χ1v) is 8.22. The lowest BCUT2D eigenvalue weighted by molar-refractivity contribution is 0.547. The molecule has 0 aliphatic carbocycles. The van der Waals surface area contributed by atoms with Crippen LogP contribution in [0.4, 0.5) is 5.82 Å². The van der Waals surface area contributed by atoms with Gasteiger partial charge in [-0.25, -0.2) is 14.6 Å². The molecular weight excluding hydrogens is 300 g/mol. The molecule has 0 amide bonds. The molecule has 3 aromatic heterocycles. The van der Waals surface area contributed by atoms with Gasteiger partial charge in [0.1, 0.15) is 17.8 Å². The van der Waals surface area contributed by atoms with E-state index >= 15 is 0 Å². The molecule has 0 fully saturated rings. The molecule has 0 unspecified atom stereocenters. The van der Waals surface area contributed by atoms with Crippen LogP contribution < -0.4 is 5.73 Å². The number of nitrogens with zero attached hydrogens (tertiary/aromatic N) is 4. The summed E-state index contributed by atoms with van der Waals surface area (Å²) in [6.45, 7) is 8.14. The second kappa shape index (κ2) is 6.31. The number of nitrogens with two attached hydrogens (primary N) is 1. The maximum absolute atomic E-state index is 6.08. The van der Waals surface area contributed by atoms with Crippen LogP contribution in [0.2, 0.25) is 0 Å². The summed E-state index contributed by atoms with van der Waals surface area (Å²) in [5.74, 6) is 0.450. The van der Waals surface area contributed by atoms with Crippen molar-refractivity contribution in [3.8, 4) is 11.4 Å². The van der Waals surface area contributed by atoms with Crippen LogP contribution in [0.3, 0.4) is 0 Å². The summed E-state index contributed by atoms with van der Waals surface area (Å²) in [7, 11) is 0. The number of aromatic amines is 1. The van der Waals surface area contributed by atoms with Crippen molar-refractivity contribution in [2.24, 2.45) is 0 Å². The van der Waals surface area contributed by atoms with Gasteiger partial charge in [0.25, 0.3) is 0 Å². The summed E-state index contributed by atoms with van der Waals surface area (Å²) < 4.78 is 1.88. The average molecular weight is 322 g/mol. The van der Waals surface area contributed by atoms with Crippen LogP contribution in [0.15, 0.2) is 36.7 Å². The molecule has 0 aliphatic rings. The van der Waals surface area contributed by atoms with E-state index in [9.17, 15) is 0 Å². The molecule has 0 bridgehead atoms. The minimum Gasteiger partial charge on any atom is -0.383 e. The molecule has 0 saturated carbocycles. The second-order valence-electron chi connectivity index (χ2n) is 5.61. The number of rotatable bonds is 2. The molecule has 4 rings (SSSR count). The largest absolute Gasteiger partial charge is 0.383 e. The Morgan fingerprint density at radius 1 is 1.12 bits per heavy atom. The first-order valence-electron chi connectivity index (χ1n) is 8.22. The number of nitrogens with one attached hydrogen (secondary N) is 1. The van der Waals surface area contributed by atoms with Crippen LogP contribution in [-0.4, -0.2) is 24.7 Å². The summed E-state index contributed by atoms with van der Waals surface area (Å²) in [5.41, 5.74) is 9.63. The zero-order valence-electron chi connectivity index (χ0n) is 14.4. The highest BCUT2D eigenvalue weighted by Crippen LogP contribution is 2.32. The summed E-state index contributed by atoms with van der Waals surface area (Å²) >= 11 is 0. The van der Waals surface area contributed by atoms with E-state index in [0.717, 1.165) is 33.3 Å². The number of anilines is 1. The molecule has 0 spiro atoms. The van der Waals surface area contributed by atoms with Crippen molar-refractivity contribution in [3.63, 3.8) is 0 Å². The van der Waals surface area contributed by atoms with Gasteiger partial charge in [-0.2, -0.15) is 5.10 Å². The Bertz CT molecular complexity index is 947. The lowest BCUT2D eigenvalue weighted by atomic mass is 10.2. The highest BCUT2D eigenvalue weighted by molar-refractivity contribution is 5.99. The molecule has 6 heteroatoms. The normalized spacial score (nSPS) is 11.0. The number of para-hydroxylation sites is 1. The highest BCUT2D eigenvalue weighted by atomic mass is 15.3. The molecule has 0 aliphatic heterocycles. The standard InChI is InChI=1S/C16H16N6.C2H6/c1-9(2)22-16-13(15(17)18-8-19-16)14(21-22)12-7-10-5-3-4-6-11(10)20-12;1-2/h3-9,20H,1-2H3,(H2,17,18,19);1-2H3. The van der Waals surface area contributed by atoms with Gasteiger partial charge in [0.05, 0.1) is 11.1 Å². The summed E-state index contributed by atoms with van der Waals surface area (Å²) in [6, 6.07) is 10.4. The van der Waals surface area contributed by atoms with Gasteiger partial charge in [-0.3, -0.25) is 0 Å². The molecule has 24 heavy (non-hydrogen) atoms. The number of hydrogen-bond donors (Lipinski definition) is 2. The van der Waals surface area contributed by atoms with E-state index in [1.165, 1.54) is 6.33 Å². The van der Waals surface area contributed by atoms with E-state index in [0.29, 0.717) is 5.82 Å². The lowest BCUT2D eigenvalue weighted by Crippen LogP contribution is -2.04. The summed E-state index contributed by atoms with van der Waals surface area (Å²) in [5, 5.41) is 6.65. The minimum absolute atomic E-state index is 0.190. The predicted octanol–water partition coefficient (Wildman–Crippen LogP) is 4.16. The molecule has 3 heterocycles. The van der Waals surface area contributed by atoms with Gasteiger partial charge in [-0.05, 0) is 26.0 Å². The van der Waals surface area contributed by atoms with Crippen LogP contribution in [0, 0.1) is 0 Å². The van der Waals surface area contributed by atoms with E-state index in [1.807, 2.05) is 36.7 Å². The Morgan fingerprint density at radius 2 is 1.88 bits per heavy atom. The van der Waals surface area contributed by atoms with E-state index in [2.05, 4.69) is 40.9 Å². The number of hydrogen-bond acceptors (Lipinski definition) is 4. The predicted molar refractivity (Wildman–Crippen MR) is 98.8 cm³/mol. The SMILES string of the molecule is CC.CC(C)n1nc(-c2cc3ccccc3[nH]2)c2c(N)ncnc21. The maximum Gasteiger partial charge on any atom is 0.164 e. The number of aromatic nitrogens is 5. The van der Waals surface area contributed by atoms with Crippen LogP contribution in [0.1, 0.15) is 33.7 Å². The third-order valence-electron chi connectivity index (χ3n) is 3.79. The van der Waals surface area contributed by atoms with Crippen LogP contribution >= 0.6 is 0 Å². The van der Waals surface area contributed by atoms with Crippen molar-refractivity contribution >= 4 is 27.8 Å². The second-order valence-corrected chi connectivity index (χ2v) is 5.61. The molecular formula is C18H22N6. The zero-order chi connectivity index (χ0) is 17.3. The Morgan fingerprint density at radius 3 is 2.58 bits per heavy atom. The minimum atomic E-state index is 0.190. The van der Waals surface area contributed by atoms with E-state index in [4.69, 9.17) is 10.8 Å². The monoisotopic (exact) mass is 322 g/mol. The maximum atomic E-state index is 6.08. The van der Waals surface area contributed by atoms with Gasteiger partial charge in [0.2, 0.25) is 0 Å². The molecule has 0 saturated heterocycles. The van der Waals surface area contributed by atoms with Crippen molar-refractivity contribution in [2.75, 3.05) is 5.73 Å². The van der Waals surface area contributed by atoms with Crippen LogP contribution in [-0.2, 0) is 0 Å². The van der Waals surface area contributed by atoms with Gasteiger partial charge in [-0.15, -0.1) is 0 Å². The third-order valence-corrected chi connectivity index (χ3v) is 3.79. The zero-order valence-corrected chi connectivity index (χ0v) is 14.4. The molecule has 6 nitrogen and oxygen atoms in total. The fourth-order valence-corrected chi connectivity index (χ4v) is 2.74. The average Bonchev–Trinajstić information content (AvgIpc) is 3.18. The summed E-state index contributed by atoms with van der Waals surface area (Å²) in [4.78, 5) is 11.9. The van der Waals surface area contributed by atoms with Crippen molar-refractivity contribution in [2.45, 2.75) is 33.7 Å². The Kier molecular flexibility index (Phi) is 4.20. The lowest BCUT2D eigenvalue weighted by Gasteiger charge is -2.05. The Hall–Kier alpha value is -2.89. The molecule has 0 atom stereocenters. The first kappa shape index (κ1) is 16.0. The number of nitrogen functional groups attached to an aromatic ring is 1. The Labute approximate surface area is 140 Å². The molecule has 0 radical (unpaired) electrons. The third kappa shape index (κ3) is 2.50. The quantitative estimate of drug-likeness (QED) is 0.580. The van der Waals surface area contributed by atoms with Gasteiger partial charge in [0, 0.05) is 16.9 Å². The van der Waals surface area contributed by atoms with Gasteiger partial charge in [0.15, 0.2) is 5.65 Å². The van der Waals surface area contributed by atoms with Crippen molar-refractivity contribution in [1.29, 1.82) is 0 Å². The fraction of sp³-hybridized carbons (Fsp3) is 0.278. The van der Waals surface area contributed by atoms with Crippen LogP contribution in [0.25, 0.3) is 33.3 Å².